The van der Waals surface area contributed by atoms with Crippen molar-refractivity contribution in [2.24, 2.45) is 11.8 Å². The molecule has 0 unspecified atom stereocenters. The molecule has 0 spiro atoms. The first-order valence-corrected chi connectivity index (χ1v) is 7.12. The fourth-order valence-corrected chi connectivity index (χ4v) is 3.73. The van der Waals surface area contributed by atoms with E-state index in [1.807, 2.05) is 20.8 Å². The van der Waals surface area contributed by atoms with Gasteiger partial charge in [0.25, 0.3) is 0 Å². The van der Waals surface area contributed by atoms with Crippen LogP contribution in [0, 0.1) is 11.8 Å². The van der Waals surface area contributed by atoms with E-state index >= 15 is 0 Å². The molecule has 2 fully saturated rings. The van der Waals surface area contributed by atoms with Crippen molar-refractivity contribution in [2.45, 2.75) is 58.1 Å². The van der Waals surface area contributed by atoms with Crippen LogP contribution >= 0.6 is 0 Å². The first-order chi connectivity index (χ1) is 8.87. The van der Waals surface area contributed by atoms with E-state index in [4.69, 9.17) is 4.74 Å². The number of ether oxygens (including phenoxy) is 1. The van der Waals surface area contributed by atoms with Gasteiger partial charge in [0.05, 0.1) is 6.04 Å². The second kappa shape index (κ2) is 4.09. The van der Waals surface area contributed by atoms with Gasteiger partial charge < -0.3 is 4.74 Å². The molecular weight excluding hydrogens is 242 g/mol. The number of imide groups is 1. The first-order valence-electron chi connectivity index (χ1n) is 7.12. The Labute approximate surface area is 113 Å². The van der Waals surface area contributed by atoms with E-state index in [0.29, 0.717) is 18.3 Å². The lowest BCUT2D eigenvalue weighted by molar-refractivity contribution is -0.127. The van der Waals surface area contributed by atoms with Crippen LogP contribution in [0.3, 0.4) is 0 Å². The third-order valence-electron chi connectivity index (χ3n) is 4.32. The molecule has 19 heavy (non-hydrogen) atoms. The Morgan fingerprint density at radius 3 is 2.84 bits per heavy atom. The Morgan fingerprint density at radius 1 is 1.42 bits per heavy atom. The predicted octanol–water partition coefficient (Wildman–Crippen LogP) is 2.88. The maximum Gasteiger partial charge on any atom is 0.417 e. The lowest BCUT2D eigenvalue weighted by atomic mass is 10.0. The number of hydrogen-bond acceptors (Lipinski definition) is 3. The monoisotopic (exact) mass is 263 g/mol. The summed E-state index contributed by atoms with van der Waals surface area (Å²) in [4.78, 5) is 25.7. The predicted molar refractivity (Wildman–Crippen MR) is 70.4 cm³/mol. The van der Waals surface area contributed by atoms with Gasteiger partial charge >= 0.3 is 6.09 Å². The van der Waals surface area contributed by atoms with Crippen LogP contribution in [0.2, 0.25) is 0 Å². The average Bonchev–Trinajstić information content (AvgIpc) is 2.84. The highest BCUT2D eigenvalue weighted by molar-refractivity contribution is 5.95. The number of hydrogen-bond donors (Lipinski definition) is 0. The zero-order valence-electron chi connectivity index (χ0n) is 11.8. The van der Waals surface area contributed by atoms with Gasteiger partial charge in [0.15, 0.2) is 0 Å². The minimum Gasteiger partial charge on any atom is -0.443 e. The molecule has 0 aromatic carbocycles. The molecular formula is C15H21NO3. The van der Waals surface area contributed by atoms with Crippen molar-refractivity contribution in [3.05, 3.63) is 11.6 Å². The van der Waals surface area contributed by atoms with Gasteiger partial charge in [-0.05, 0) is 57.4 Å². The molecule has 3 rings (SSSR count). The molecule has 0 bridgehead atoms. The number of carbonyl (C=O) groups is 2. The standard InChI is InChI=1S/C15H21NO3/c1-15(2,3)19-14(18)16-12(17)8-10-7-9-5-4-6-11(9)13(10)16/h6,9-10,13H,4-5,7-8H2,1-3H3/t9-,10+,13-/m0/s1. The van der Waals surface area contributed by atoms with Gasteiger partial charge in [-0.25, -0.2) is 9.69 Å². The van der Waals surface area contributed by atoms with Crippen LogP contribution in [-0.2, 0) is 9.53 Å². The van der Waals surface area contributed by atoms with E-state index in [1.54, 1.807) is 0 Å². The third kappa shape index (κ3) is 2.07. The van der Waals surface area contributed by atoms with Crippen LogP contribution in [0.1, 0.15) is 46.5 Å². The topological polar surface area (TPSA) is 46.6 Å². The maximum atomic E-state index is 12.3. The van der Waals surface area contributed by atoms with Crippen molar-refractivity contribution in [3.8, 4) is 0 Å². The van der Waals surface area contributed by atoms with E-state index in [-0.39, 0.29) is 11.9 Å². The zero-order chi connectivity index (χ0) is 13.8. The van der Waals surface area contributed by atoms with Crippen LogP contribution in [0.4, 0.5) is 4.79 Å². The Balaban J connectivity index is 1.84. The Morgan fingerprint density at radius 2 is 2.16 bits per heavy atom. The SMILES string of the molecule is CC(C)(C)OC(=O)N1C(=O)C[C@H]2C[C@@H]3CCC=C3[C@H]21. The van der Waals surface area contributed by atoms with Crippen molar-refractivity contribution in [1.29, 1.82) is 0 Å². The maximum absolute atomic E-state index is 12.3. The second-order valence-electron chi connectivity index (χ2n) is 6.87. The Hall–Kier alpha value is -1.32. The van der Waals surface area contributed by atoms with E-state index < -0.39 is 11.7 Å². The quantitative estimate of drug-likeness (QED) is 0.631. The zero-order valence-corrected chi connectivity index (χ0v) is 11.8. The van der Waals surface area contributed by atoms with Gasteiger partial charge in [-0.1, -0.05) is 6.08 Å². The second-order valence-corrected chi connectivity index (χ2v) is 6.87. The summed E-state index contributed by atoms with van der Waals surface area (Å²) in [6.07, 6.45) is 5.57. The number of carbonyl (C=O) groups excluding carboxylic acids is 2. The summed E-state index contributed by atoms with van der Waals surface area (Å²) < 4.78 is 5.39. The molecule has 4 heteroatoms. The molecule has 2 amide bonds. The molecule has 1 heterocycles. The number of nitrogens with zero attached hydrogens (tertiary/aromatic N) is 1. The molecule has 0 N–H and O–H groups in total. The number of likely N-dealkylation sites (tertiary alicyclic amines) is 1. The Kier molecular flexibility index (Phi) is 2.73. The normalized spacial score (nSPS) is 33.2. The summed E-state index contributed by atoms with van der Waals surface area (Å²) in [5.41, 5.74) is 0.749. The summed E-state index contributed by atoms with van der Waals surface area (Å²) in [6.45, 7) is 5.49. The van der Waals surface area contributed by atoms with Gasteiger partial charge in [-0.2, -0.15) is 0 Å². The summed E-state index contributed by atoms with van der Waals surface area (Å²) >= 11 is 0. The van der Waals surface area contributed by atoms with Crippen molar-refractivity contribution in [2.75, 3.05) is 0 Å². The molecule has 104 valence electrons. The van der Waals surface area contributed by atoms with Gasteiger partial charge in [0.2, 0.25) is 5.91 Å². The molecule has 3 atom stereocenters. The first kappa shape index (κ1) is 12.7. The smallest absolute Gasteiger partial charge is 0.417 e. The molecule has 1 aliphatic heterocycles. The lowest BCUT2D eigenvalue weighted by Crippen LogP contribution is -2.43. The van der Waals surface area contributed by atoms with Crippen LogP contribution in [0.5, 0.6) is 0 Å². The van der Waals surface area contributed by atoms with Gasteiger partial charge in [0.1, 0.15) is 5.60 Å². The lowest BCUT2D eigenvalue weighted by Gasteiger charge is -2.27. The highest BCUT2D eigenvalue weighted by Gasteiger charge is 2.53. The number of allylic oxidation sites excluding steroid dienone is 1. The number of amides is 2. The van der Waals surface area contributed by atoms with Crippen LogP contribution in [-0.4, -0.2) is 28.5 Å². The largest absolute Gasteiger partial charge is 0.443 e. The number of rotatable bonds is 0. The van der Waals surface area contributed by atoms with Crippen molar-refractivity contribution in [3.63, 3.8) is 0 Å². The van der Waals surface area contributed by atoms with Crippen molar-refractivity contribution < 1.29 is 14.3 Å². The molecule has 4 nitrogen and oxygen atoms in total. The van der Waals surface area contributed by atoms with Crippen LogP contribution in [0.15, 0.2) is 11.6 Å². The van der Waals surface area contributed by atoms with Gasteiger partial charge in [-0.3, -0.25) is 4.79 Å². The minimum atomic E-state index is -0.558. The molecule has 0 aromatic rings. The van der Waals surface area contributed by atoms with E-state index in [2.05, 4.69) is 6.08 Å². The van der Waals surface area contributed by atoms with Crippen molar-refractivity contribution >= 4 is 12.0 Å². The fraction of sp³-hybridized carbons (Fsp3) is 0.733. The average molecular weight is 263 g/mol. The van der Waals surface area contributed by atoms with Crippen LogP contribution in [0.25, 0.3) is 0 Å². The molecule has 0 radical (unpaired) electrons. The van der Waals surface area contributed by atoms with Crippen molar-refractivity contribution in [1.82, 2.24) is 4.90 Å². The summed E-state index contributed by atoms with van der Waals surface area (Å²) in [5.74, 6) is 0.833. The number of fused-ring (bicyclic) bond motifs is 3. The Bertz CT molecular complexity index is 461. The summed E-state index contributed by atoms with van der Waals surface area (Å²) in [6, 6.07) is -0.0187. The van der Waals surface area contributed by atoms with Gasteiger partial charge in [0, 0.05) is 6.42 Å². The highest BCUT2D eigenvalue weighted by Crippen LogP contribution is 2.50. The molecule has 1 saturated heterocycles. The molecule has 0 aromatic heterocycles. The molecule has 3 aliphatic rings. The van der Waals surface area contributed by atoms with Crippen LogP contribution < -0.4 is 0 Å². The summed E-state index contributed by atoms with van der Waals surface area (Å²) in [5, 5.41) is 0. The molecule has 1 saturated carbocycles. The minimum absolute atomic E-state index is 0.0187. The third-order valence-corrected chi connectivity index (χ3v) is 4.32. The summed E-state index contributed by atoms with van der Waals surface area (Å²) in [7, 11) is 0. The van der Waals surface area contributed by atoms with E-state index in [9.17, 15) is 9.59 Å². The van der Waals surface area contributed by atoms with E-state index in [0.717, 1.165) is 12.8 Å². The molecule has 2 aliphatic carbocycles. The highest BCUT2D eigenvalue weighted by atomic mass is 16.6. The van der Waals surface area contributed by atoms with E-state index in [1.165, 1.54) is 16.9 Å². The fourth-order valence-electron chi connectivity index (χ4n) is 3.73. The van der Waals surface area contributed by atoms with Gasteiger partial charge in [-0.15, -0.1) is 0 Å².